The van der Waals surface area contributed by atoms with Gasteiger partial charge in [-0.2, -0.15) is 10.1 Å². The lowest BCUT2D eigenvalue weighted by Crippen LogP contribution is -2.44. The maximum absolute atomic E-state index is 12.8. The van der Waals surface area contributed by atoms with Gasteiger partial charge >= 0.3 is 0 Å². The average molecular weight is 329 g/mol. The molecular formula is C17H23N5O2. The number of carbonyl (C=O) groups is 1. The highest BCUT2D eigenvalue weighted by Crippen LogP contribution is 2.21. The molecule has 0 saturated carbocycles. The van der Waals surface area contributed by atoms with Crippen molar-refractivity contribution in [2.24, 2.45) is 0 Å². The van der Waals surface area contributed by atoms with Crippen molar-refractivity contribution in [1.82, 2.24) is 25.1 Å². The summed E-state index contributed by atoms with van der Waals surface area (Å²) in [4.78, 5) is 23.2. The van der Waals surface area contributed by atoms with Crippen LogP contribution in [0.3, 0.4) is 0 Å². The first-order valence-corrected chi connectivity index (χ1v) is 8.24. The molecule has 128 valence electrons. The summed E-state index contributed by atoms with van der Waals surface area (Å²) in [5, 5.41) is 6.99. The predicted molar refractivity (Wildman–Crippen MR) is 89.1 cm³/mol. The van der Waals surface area contributed by atoms with E-state index >= 15 is 0 Å². The Morgan fingerprint density at radius 1 is 1.29 bits per heavy atom. The fourth-order valence-electron chi connectivity index (χ4n) is 3.16. The largest absolute Gasteiger partial charge is 0.472 e. The van der Waals surface area contributed by atoms with Gasteiger partial charge in [-0.1, -0.05) is 0 Å². The highest BCUT2D eigenvalue weighted by Gasteiger charge is 2.28. The zero-order valence-electron chi connectivity index (χ0n) is 14.6. The molecule has 3 heterocycles. The second-order valence-electron chi connectivity index (χ2n) is 6.34. The van der Waals surface area contributed by atoms with E-state index in [1.807, 2.05) is 38.7 Å². The normalized spacial score (nSPS) is 17.8. The summed E-state index contributed by atoms with van der Waals surface area (Å²) in [7, 11) is 0. The fraction of sp³-hybridized carbons (Fsp3) is 0.529. The van der Waals surface area contributed by atoms with Crippen molar-refractivity contribution in [3.05, 3.63) is 34.5 Å². The van der Waals surface area contributed by atoms with Crippen molar-refractivity contribution in [2.75, 3.05) is 13.1 Å². The van der Waals surface area contributed by atoms with Gasteiger partial charge in [-0.25, -0.2) is 4.98 Å². The van der Waals surface area contributed by atoms with E-state index in [0.29, 0.717) is 23.8 Å². The quantitative estimate of drug-likeness (QED) is 0.932. The van der Waals surface area contributed by atoms with Crippen LogP contribution in [0.4, 0.5) is 0 Å². The Labute approximate surface area is 141 Å². The van der Waals surface area contributed by atoms with Crippen LogP contribution in [0.25, 0.3) is 0 Å². The average Bonchev–Trinajstić information content (AvgIpc) is 2.85. The Kier molecular flexibility index (Phi) is 4.51. The molecule has 1 unspecified atom stereocenters. The molecule has 2 aromatic rings. The number of piperidine rings is 1. The minimum atomic E-state index is -0.0519. The van der Waals surface area contributed by atoms with Crippen molar-refractivity contribution >= 4 is 5.91 Å². The summed E-state index contributed by atoms with van der Waals surface area (Å²) in [6, 6.07) is 1.83. The van der Waals surface area contributed by atoms with Crippen molar-refractivity contribution in [3.63, 3.8) is 0 Å². The fourth-order valence-corrected chi connectivity index (χ4v) is 3.16. The zero-order valence-corrected chi connectivity index (χ0v) is 14.6. The second-order valence-corrected chi connectivity index (χ2v) is 6.34. The second kappa shape index (κ2) is 6.59. The third-order valence-corrected chi connectivity index (χ3v) is 4.24. The van der Waals surface area contributed by atoms with Crippen molar-refractivity contribution in [2.45, 2.75) is 46.6 Å². The number of hydrogen-bond acceptors (Lipinski definition) is 5. The number of rotatable bonds is 3. The third kappa shape index (κ3) is 3.39. The number of likely N-dealkylation sites (tertiary alicyclic amines) is 1. The first-order chi connectivity index (χ1) is 11.4. The molecule has 2 aromatic heterocycles. The van der Waals surface area contributed by atoms with Crippen molar-refractivity contribution < 1.29 is 9.53 Å². The van der Waals surface area contributed by atoms with E-state index in [4.69, 9.17) is 4.74 Å². The summed E-state index contributed by atoms with van der Waals surface area (Å²) in [5.41, 5.74) is 3.10. The number of amides is 1. The van der Waals surface area contributed by atoms with E-state index in [0.717, 1.165) is 36.5 Å². The van der Waals surface area contributed by atoms with Gasteiger partial charge in [0.15, 0.2) is 0 Å². The van der Waals surface area contributed by atoms with E-state index in [-0.39, 0.29) is 12.0 Å². The summed E-state index contributed by atoms with van der Waals surface area (Å²) in [6.07, 6.45) is 1.77. The molecule has 7 heteroatoms. The van der Waals surface area contributed by atoms with Crippen LogP contribution in [0.15, 0.2) is 6.07 Å². The van der Waals surface area contributed by atoms with Gasteiger partial charge in [0, 0.05) is 24.0 Å². The Balaban J connectivity index is 1.71. The lowest BCUT2D eigenvalue weighted by Gasteiger charge is -2.32. The summed E-state index contributed by atoms with van der Waals surface area (Å²) < 4.78 is 6.01. The number of nitrogens with one attached hydrogen (secondary N) is 1. The van der Waals surface area contributed by atoms with Gasteiger partial charge in [0.2, 0.25) is 5.88 Å². The molecule has 1 saturated heterocycles. The molecule has 1 aliphatic rings. The van der Waals surface area contributed by atoms with Crippen LogP contribution in [0, 0.1) is 27.7 Å². The van der Waals surface area contributed by atoms with Gasteiger partial charge < -0.3 is 9.64 Å². The van der Waals surface area contributed by atoms with Gasteiger partial charge in [-0.15, -0.1) is 0 Å². The lowest BCUT2D eigenvalue weighted by atomic mass is 10.1. The third-order valence-electron chi connectivity index (χ3n) is 4.24. The van der Waals surface area contributed by atoms with E-state index in [1.165, 1.54) is 0 Å². The van der Waals surface area contributed by atoms with Gasteiger partial charge in [-0.3, -0.25) is 9.89 Å². The van der Waals surface area contributed by atoms with Gasteiger partial charge in [0.1, 0.15) is 11.9 Å². The van der Waals surface area contributed by atoms with Crippen LogP contribution in [0.2, 0.25) is 0 Å². The van der Waals surface area contributed by atoms with Gasteiger partial charge in [-0.05, 0) is 40.5 Å². The topological polar surface area (TPSA) is 84.0 Å². The number of H-pyrrole nitrogens is 1. The Morgan fingerprint density at radius 3 is 2.75 bits per heavy atom. The van der Waals surface area contributed by atoms with Crippen LogP contribution in [0.1, 0.15) is 46.1 Å². The number of ether oxygens (including phenoxy) is 1. The van der Waals surface area contributed by atoms with E-state index in [2.05, 4.69) is 20.2 Å². The van der Waals surface area contributed by atoms with Crippen LogP contribution in [-0.4, -0.2) is 50.2 Å². The minimum absolute atomic E-state index is 0.0158. The molecule has 1 amide bonds. The first kappa shape index (κ1) is 16.4. The lowest BCUT2D eigenvalue weighted by molar-refractivity contribution is 0.0525. The number of aromatic nitrogens is 4. The van der Waals surface area contributed by atoms with E-state index in [9.17, 15) is 4.79 Å². The van der Waals surface area contributed by atoms with Crippen LogP contribution in [-0.2, 0) is 0 Å². The molecule has 1 aliphatic heterocycles. The standard InChI is InChI=1S/C17H23N5O2/c1-10-8-15(19-13(4)18-10)24-14-6-5-7-22(9-14)17(23)16-11(2)20-21-12(16)3/h8,14H,5-7,9H2,1-4H3,(H,20,21). The zero-order chi connectivity index (χ0) is 17.3. The van der Waals surface area contributed by atoms with Crippen molar-refractivity contribution in [1.29, 1.82) is 0 Å². The molecule has 0 aromatic carbocycles. The SMILES string of the molecule is Cc1cc(OC2CCCN(C(=O)c3c(C)n[nH]c3C)C2)nc(C)n1. The molecule has 1 atom stereocenters. The Morgan fingerprint density at radius 2 is 2.08 bits per heavy atom. The molecule has 0 aliphatic carbocycles. The summed E-state index contributed by atoms with van der Waals surface area (Å²) in [6.45, 7) is 8.79. The van der Waals surface area contributed by atoms with Crippen molar-refractivity contribution in [3.8, 4) is 5.88 Å². The van der Waals surface area contributed by atoms with Crippen LogP contribution >= 0.6 is 0 Å². The molecule has 1 fully saturated rings. The van der Waals surface area contributed by atoms with Crippen LogP contribution in [0.5, 0.6) is 5.88 Å². The summed E-state index contributed by atoms with van der Waals surface area (Å²) in [5.74, 6) is 1.29. The monoisotopic (exact) mass is 329 g/mol. The molecule has 3 rings (SSSR count). The Hall–Kier alpha value is -2.44. The van der Waals surface area contributed by atoms with E-state index in [1.54, 1.807) is 0 Å². The summed E-state index contributed by atoms with van der Waals surface area (Å²) >= 11 is 0. The highest BCUT2D eigenvalue weighted by molar-refractivity contribution is 5.96. The number of aryl methyl sites for hydroxylation is 4. The maximum Gasteiger partial charge on any atom is 0.257 e. The first-order valence-electron chi connectivity index (χ1n) is 8.24. The molecule has 0 spiro atoms. The molecule has 0 bridgehead atoms. The molecule has 24 heavy (non-hydrogen) atoms. The predicted octanol–water partition coefficient (Wildman–Crippen LogP) is 2.12. The van der Waals surface area contributed by atoms with Gasteiger partial charge in [0.05, 0.1) is 17.8 Å². The highest BCUT2D eigenvalue weighted by atomic mass is 16.5. The van der Waals surface area contributed by atoms with Gasteiger partial charge in [0.25, 0.3) is 5.91 Å². The number of nitrogens with zero attached hydrogens (tertiary/aromatic N) is 4. The molecular weight excluding hydrogens is 306 g/mol. The molecule has 7 nitrogen and oxygen atoms in total. The maximum atomic E-state index is 12.8. The Bertz CT molecular complexity index is 716. The smallest absolute Gasteiger partial charge is 0.257 e. The molecule has 0 radical (unpaired) electrons. The number of carbonyl (C=O) groups excluding carboxylic acids is 1. The van der Waals surface area contributed by atoms with Crippen LogP contribution < -0.4 is 4.74 Å². The molecule has 1 N–H and O–H groups in total. The number of aromatic amines is 1. The van der Waals surface area contributed by atoms with E-state index < -0.39 is 0 Å². The minimum Gasteiger partial charge on any atom is -0.472 e. The number of hydrogen-bond donors (Lipinski definition) is 1.